The van der Waals surface area contributed by atoms with E-state index in [0.717, 1.165) is 0 Å². The molecule has 0 spiro atoms. The third-order valence-corrected chi connectivity index (χ3v) is 2.44. The molecule has 0 radical (unpaired) electrons. The molecule has 3 aromatic rings. The van der Waals surface area contributed by atoms with Gasteiger partial charge >= 0.3 is 0 Å². The molecule has 9 nitrogen and oxygen atoms in total. The molecule has 2 heterocycles. The highest BCUT2D eigenvalue weighted by molar-refractivity contribution is 6.01. The highest BCUT2D eigenvalue weighted by Crippen LogP contribution is 2.18. The van der Waals surface area contributed by atoms with Crippen molar-refractivity contribution in [3.63, 3.8) is 0 Å². The summed E-state index contributed by atoms with van der Waals surface area (Å²) < 4.78 is 15.0. The number of aromatic amines is 1. The lowest BCUT2D eigenvalue weighted by Crippen LogP contribution is -2.15. The molecule has 0 unspecified atom stereocenters. The van der Waals surface area contributed by atoms with Gasteiger partial charge in [0.2, 0.25) is 5.82 Å². The zero-order chi connectivity index (χ0) is 13.9. The van der Waals surface area contributed by atoms with Crippen molar-refractivity contribution in [3.8, 4) is 5.69 Å². The van der Waals surface area contributed by atoms with Crippen LogP contribution in [-0.4, -0.2) is 41.3 Å². The van der Waals surface area contributed by atoms with Gasteiger partial charge in [0.1, 0.15) is 18.5 Å². The highest BCUT2D eigenvalue weighted by Gasteiger charge is 2.13. The van der Waals surface area contributed by atoms with Crippen LogP contribution >= 0.6 is 0 Å². The SMILES string of the molecule is O=C(Nc1cc(-n2cnnn2)ccc1F)c1ncn[nH]1. The first-order chi connectivity index (χ1) is 9.74. The zero-order valence-corrected chi connectivity index (χ0v) is 9.86. The number of carbonyl (C=O) groups excluding carboxylic acids is 1. The second-order valence-electron chi connectivity index (χ2n) is 3.71. The van der Waals surface area contributed by atoms with Crippen molar-refractivity contribution in [2.24, 2.45) is 0 Å². The van der Waals surface area contributed by atoms with E-state index in [2.05, 4.69) is 36.0 Å². The van der Waals surface area contributed by atoms with Crippen molar-refractivity contribution in [1.29, 1.82) is 0 Å². The van der Waals surface area contributed by atoms with E-state index in [4.69, 9.17) is 0 Å². The lowest BCUT2D eigenvalue weighted by Gasteiger charge is -2.07. The lowest BCUT2D eigenvalue weighted by molar-refractivity contribution is 0.101. The molecule has 1 aromatic carbocycles. The maximum atomic E-state index is 13.7. The van der Waals surface area contributed by atoms with Gasteiger partial charge in [-0.1, -0.05) is 0 Å². The van der Waals surface area contributed by atoms with E-state index >= 15 is 0 Å². The van der Waals surface area contributed by atoms with Crippen LogP contribution in [-0.2, 0) is 0 Å². The standard InChI is InChI=1S/C10H7FN8O/c11-7-2-1-6(19-5-14-17-18-19)3-8(7)15-10(20)9-12-4-13-16-9/h1-5H,(H,15,20)(H,12,13,16). The van der Waals surface area contributed by atoms with Crippen molar-refractivity contribution < 1.29 is 9.18 Å². The van der Waals surface area contributed by atoms with E-state index < -0.39 is 11.7 Å². The average molecular weight is 274 g/mol. The summed E-state index contributed by atoms with van der Waals surface area (Å²) in [4.78, 5) is 15.4. The topological polar surface area (TPSA) is 114 Å². The fourth-order valence-electron chi connectivity index (χ4n) is 1.53. The Morgan fingerprint density at radius 2 is 2.30 bits per heavy atom. The Balaban J connectivity index is 1.89. The first-order valence-corrected chi connectivity index (χ1v) is 5.43. The minimum absolute atomic E-state index is 0.0144. The smallest absolute Gasteiger partial charge is 0.293 e. The number of rotatable bonds is 3. The molecule has 0 saturated heterocycles. The molecule has 0 aliphatic rings. The van der Waals surface area contributed by atoms with Crippen LogP contribution < -0.4 is 5.32 Å². The van der Waals surface area contributed by atoms with Gasteiger partial charge in [-0.3, -0.25) is 9.89 Å². The van der Waals surface area contributed by atoms with Crippen LogP contribution in [0.25, 0.3) is 5.69 Å². The van der Waals surface area contributed by atoms with Crippen LogP contribution in [0.15, 0.2) is 30.9 Å². The van der Waals surface area contributed by atoms with Gasteiger partial charge in [-0.2, -0.15) is 5.10 Å². The van der Waals surface area contributed by atoms with Crippen molar-refractivity contribution in [2.75, 3.05) is 5.32 Å². The van der Waals surface area contributed by atoms with Gasteiger partial charge in [-0.15, -0.1) is 5.10 Å². The van der Waals surface area contributed by atoms with Gasteiger partial charge in [-0.25, -0.2) is 14.1 Å². The summed E-state index contributed by atoms with van der Waals surface area (Å²) in [6.45, 7) is 0. The van der Waals surface area contributed by atoms with E-state index in [9.17, 15) is 9.18 Å². The molecule has 0 aliphatic heterocycles. The van der Waals surface area contributed by atoms with E-state index in [0.29, 0.717) is 5.69 Å². The molecule has 100 valence electrons. The summed E-state index contributed by atoms with van der Waals surface area (Å²) in [7, 11) is 0. The number of benzene rings is 1. The van der Waals surface area contributed by atoms with Gasteiger partial charge in [0, 0.05) is 0 Å². The molecule has 10 heteroatoms. The molecule has 0 aliphatic carbocycles. The van der Waals surface area contributed by atoms with Gasteiger partial charge in [-0.05, 0) is 28.6 Å². The van der Waals surface area contributed by atoms with Crippen molar-refractivity contribution in [1.82, 2.24) is 35.4 Å². The van der Waals surface area contributed by atoms with Crippen LogP contribution in [0, 0.1) is 5.82 Å². The Labute approximate surface area is 110 Å². The molecular weight excluding hydrogens is 267 g/mol. The minimum Gasteiger partial charge on any atom is -0.317 e. The van der Waals surface area contributed by atoms with Crippen molar-refractivity contribution >= 4 is 11.6 Å². The number of nitrogens with one attached hydrogen (secondary N) is 2. The predicted molar refractivity (Wildman–Crippen MR) is 63.4 cm³/mol. The summed E-state index contributed by atoms with van der Waals surface area (Å²) in [6, 6.07) is 4.09. The number of hydrogen-bond acceptors (Lipinski definition) is 6. The molecule has 20 heavy (non-hydrogen) atoms. The first kappa shape index (κ1) is 11.9. The maximum absolute atomic E-state index is 13.7. The Kier molecular flexibility index (Phi) is 2.88. The maximum Gasteiger partial charge on any atom is 0.293 e. The monoisotopic (exact) mass is 274 g/mol. The largest absolute Gasteiger partial charge is 0.317 e. The summed E-state index contributed by atoms with van der Waals surface area (Å²) in [5, 5.41) is 19.0. The number of aromatic nitrogens is 7. The quantitative estimate of drug-likeness (QED) is 0.703. The number of halogens is 1. The number of hydrogen-bond donors (Lipinski definition) is 2. The van der Waals surface area contributed by atoms with Crippen LogP contribution in [0.1, 0.15) is 10.6 Å². The predicted octanol–water partition coefficient (Wildman–Crippen LogP) is 0.172. The molecule has 2 aromatic heterocycles. The molecule has 3 rings (SSSR count). The summed E-state index contributed by atoms with van der Waals surface area (Å²) >= 11 is 0. The third-order valence-electron chi connectivity index (χ3n) is 2.44. The average Bonchev–Trinajstić information content (AvgIpc) is 3.14. The lowest BCUT2D eigenvalue weighted by atomic mass is 10.2. The second kappa shape index (κ2) is 4.84. The molecule has 1 amide bonds. The molecule has 0 saturated carbocycles. The highest BCUT2D eigenvalue weighted by atomic mass is 19.1. The minimum atomic E-state index is -0.602. The number of tetrazole rings is 1. The summed E-state index contributed by atoms with van der Waals surface area (Å²) in [5.74, 6) is -1.21. The number of H-pyrrole nitrogens is 1. The molecule has 0 bridgehead atoms. The number of nitrogens with zero attached hydrogens (tertiary/aromatic N) is 6. The Bertz CT molecular complexity index is 724. The third kappa shape index (κ3) is 2.21. The Hall–Kier alpha value is -3.17. The molecular formula is C10H7FN8O. The van der Waals surface area contributed by atoms with Gasteiger partial charge < -0.3 is 5.32 Å². The van der Waals surface area contributed by atoms with E-state index in [1.807, 2.05) is 0 Å². The fourth-order valence-corrected chi connectivity index (χ4v) is 1.53. The van der Waals surface area contributed by atoms with Gasteiger partial charge in [0.25, 0.3) is 5.91 Å². The van der Waals surface area contributed by atoms with Gasteiger partial charge in [0.05, 0.1) is 11.4 Å². The number of carbonyl (C=O) groups is 1. The van der Waals surface area contributed by atoms with Crippen LogP contribution in [0.4, 0.5) is 10.1 Å². The van der Waals surface area contributed by atoms with E-state index in [-0.39, 0.29) is 11.5 Å². The summed E-state index contributed by atoms with van der Waals surface area (Å²) in [6.07, 6.45) is 2.54. The summed E-state index contributed by atoms with van der Waals surface area (Å²) in [5.41, 5.74) is 0.490. The van der Waals surface area contributed by atoms with Crippen LogP contribution in [0.2, 0.25) is 0 Å². The van der Waals surface area contributed by atoms with E-state index in [1.54, 1.807) is 0 Å². The first-order valence-electron chi connectivity index (χ1n) is 5.43. The second-order valence-corrected chi connectivity index (χ2v) is 3.71. The normalized spacial score (nSPS) is 10.4. The van der Waals surface area contributed by atoms with Crippen molar-refractivity contribution in [2.45, 2.75) is 0 Å². The Morgan fingerprint density at radius 3 is 3.00 bits per heavy atom. The van der Waals surface area contributed by atoms with Gasteiger partial charge in [0.15, 0.2) is 0 Å². The fraction of sp³-hybridized carbons (Fsp3) is 0. The van der Waals surface area contributed by atoms with Crippen LogP contribution in [0.3, 0.4) is 0 Å². The number of amides is 1. The molecule has 2 N–H and O–H groups in total. The van der Waals surface area contributed by atoms with Crippen molar-refractivity contribution in [3.05, 3.63) is 42.5 Å². The molecule has 0 atom stereocenters. The van der Waals surface area contributed by atoms with E-state index in [1.165, 1.54) is 35.5 Å². The molecule has 0 fully saturated rings. The number of anilines is 1. The Morgan fingerprint density at radius 1 is 1.40 bits per heavy atom. The zero-order valence-electron chi connectivity index (χ0n) is 9.86. The van der Waals surface area contributed by atoms with Crippen LogP contribution in [0.5, 0.6) is 0 Å².